The summed E-state index contributed by atoms with van der Waals surface area (Å²) in [7, 11) is 0. The standard InChI is InChI=1S/C12H10ClF3N4/c1-6-2-3-7(13)8(4-6)18-10-5-9(12(14,15)16)19-11(17)20-10/h2-5H,1H3,(H3,17,18,19,20). The molecule has 0 aliphatic rings. The fourth-order valence-corrected chi connectivity index (χ4v) is 1.71. The van der Waals surface area contributed by atoms with Crippen LogP contribution >= 0.6 is 11.6 Å². The Morgan fingerprint density at radius 2 is 1.90 bits per heavy atom. The van der Waals surface area contributed by atoms with Crippen LogP contribution in [0.1, 0.15) is 11.3 Å². The van der Waals surface area contributed by atoms with Crippen molar-refractivity contribution in [2.24, 2.45) is 0 Å². The third kappa shape index (κ3) is 3.30. The minimum absolute atomic E-state index is 0.0719. The molecule has 0 saturated carbocycles. The SMILES string of the molecule is Cc1ccc(Cl)c(Nc2cc(C(F)(F)F)nc(N)n2)c1. The Balaban J connectivity index is 2.39. The first-order chi connectivity index (χ1) is 9.25. The molecule has 1 aromatic carbocycles. The van der Waals surface area contributed by atoms with Crippen molar-refractivity contribution in [3.63, 3.8) is 0 Å². The van der Waals surface area contributed by atoms with E-state index in [1.807, 2.05) is 6.92 Å². The molecule has 106 valence electrons. The van der Waals surface area contributed by atoms with Crippen LogP contribution in [0.3, 0.4) is 0 Å². The highest BCUT2D eigenvalue weighted by atomic mass is 35.5. The maximum absolute atomic E-state index is 12.6. The van der Waals surface area contributed by atoms with E-state index in [1.165, 1.54) is 0 Å². The first kappa shape index (κ1) is 14.4. The number of nitrogens with one attached hydrogen (secondary N) is 1. The van der Waals surface area contributed by atoms with E-state index in [2.05, 4.69) is 15.3 Å². The zero-order chi connectivity index (χ0) is 14.9. The third-order valence-corrected chi connectivity index (χ3v) is 2.75. The van der Waals surface area contributed by atoms with Crippen LogP contribution in [0.4, 0.5) is 30.6 Å². The molecular weight excluding hydrogens is 293 g/mol. The number of nitrogens with two attached hydrogens (primary N) is 1. The summed E-state index contributed by atoms with van der Waals surface area (Å²) in [6.07, 6.45) is -4.59. The lowest BCUT2D eigenvalue weighted by atomic mass is 10.2. The van der Waals surface area contributed by atoms with Crippen molar-refractivity contribution in [1.82, 2.24) is 9.97 Å². The van der Waals surface area contributed by atoms with E-state index in [-0.39, 0.29) is 5.82 Å². The quantitative estimate of drug-likeness (QED) is 0.886. The third-order valence-electron chi connectivity index (χ3n) is 2.42. The number of anilines is 3. The molecule has 1 aromatic heterocycles. The van der Waals surface area contributed by atoms with Gasteiger partial charge in [0.15, 0.2) is 5.69 Å². The van der Waals surface area contributed by atoms with Gasteiger partial charge in [-0.2, -0.15) is 18.2 Å². The lowest BCUT2D eigenvalue weighted by molar-refractivity contribution is -0.141. The molecule has 0 atom stereocenters. The number of hydrogen-bond acceptors (Lipinski definition) is 4. The van der Waals surface area contributed by atoms with E-state index in [9.17, 15) is 13.2 Å². The molecule has 2 rings (SSSR count). The number of halogens is 4. The lowest BCUT2D eigenvalue weighted by Gasteiger charge is -2.11. The summed E-state index contributed by atoms with van der Waals surface area (Å²) < 4.78 is 37.9. The van der Waals surface area contributed by atoms with Crippen molar-refractivity contribution < 1.29 is 13.2 Å². The molecule has 0 radical (unpaired) electrons. The van der Waals surface area contributed by atoms with Gasteiger partial charge in [0.25, 0.3) is 0 Å². The van der Waals surface area contributed by atoms with Crippen LogP contribution in [0.2, 0.25) is 5.02 Å². The van der Waals surface area contributed by atoms with Crippen LogP contribution in [0, 0.1) is 6.92 Å². The van der Waals surface area contributed by atoms with Gasteiger partial charge >= 0.3 is 6.18 Å². The van der Waals surface area contributed by atoms with E-state index in [4.69, 9.17) is 17.3 Å². The zero-order valence-electron chi connectivity index (χ0n) is 10.3. The van der Waals surface area contributed by atoms with Crippen molar-refractivity contribution in [1.29, 1.82) is 0 Å². The maximum atomic E-state index is 12.6. The molecule has 2 aromatic rings. The van der Waals surface area contributed by atoms with Crippen molar-refractivity contribution in [2.75, 3.05) is 11.1 Å². The van der Waals surface area contributed by atoms with Gasteiger partial charge in [0.2, 0.25) is 5.95 Å². The van der Waals surface area contributed by atoms with Gasteiger partial charge in [-0.3, -0.25) is 0 Å². The molecule has 8 heteroatoms. The Bertz CT molecular complexity index is 643. The van der Waals surface area contributed by atoms with Crippen LogP contribution in [-0.2, 0) is 6.18 Å². The van der Waals surface area contributed by atoms with Crippen LogP contribution < -0.4 is 11.1 Å². The van der Waals surface area contributed by atoms with Gasteiger partial charge in [-0.05, 0) is 24.6 Å². The highest BCUT2D eigenvalue weighted by molar-refractivity contribution is 6.33. The Morgan fingerprint density at radius 1 is 1.20 bits per heavy atom. The van der Waals surface area contributed by atoms with Crippen LogP contribution in [-0.4, -0.2) is 9.97 Å². The van der Waals surface area contributed by atoms with E-state index in [0.717, 1.165) is 11.6 Å². The summed E-state index contributed by atoms with van der Waals surface area (Å²) in [5, 5.41) is 3.07. The summed E-state index contributed by atoms with van der Waals surface area (Å²) in [6.45, 7) is 1.83. The summed E-state index contributed by atoms with van der Waals surface area (Å²) in [4.78, 5) is 6.87. The van der Waals surface area contributed by atoms with Gasteiger partial charge < -0.3 is 11.1 Å². The van der Waals surface area contributed by atoms with Gasteiger partial charge in [-0.15, -0.1) is 0 Å². The van der Waals surface area contributed by atoms with Gasteiger partial charge in [-0.1, -0.05) is 17.7 Å². The van der Waals surface area contributed by atoms with E-state index in [0.29, 0.717) is 10.7 Å². The molecule has 20 heavy (non-hydrogen) atoms. The largest absolute Gasteiger partial charge is 0.433 e. The Kier molecular flexibility index (Phi) is 3.71. The molecule has 0 amide bonds. The normalized spacial score (nSPS) is 11.4. The predicted octanol–water partition coefficient (Wildman–Crippen LogP) is 3.78. The van der Waals surface area contributed by atoms with Gasteiger partial charge in [0.1, 0.15) is 5.82 Å². The van der Waals surface area contributed by atoms with Crippen LogP contribution in [0.25, 0.3) is 0 Å². The summed E-state index contributed by atoms with van der Waals surface area (Å²) in [6, 6.07) is 5.88. The maximum Gasteiger partial charge on any atom is 0.433 e. The van der Waals surface area contributed by atoms with Crippen molar-refractivity contribution in [2.45, 2.75) is 13.1 Å². The number of aromatic nitrogens is 2. The lowest BCUT2D eigenvalue weighted by Crippen LogP contribution is -2.12. The monoisotopic (exact) mass is 302 g/mol. The highest BCUT2D eigenvalue weighted by Gasteiger charge is 2.33. The van der Waals surface area contributed by atoms with Crippen molar-refractivity contribution in [3.05, 3.63) is 40.5 Å². The van der Waals surface area contributed by atoms with E-state index in [1.54, 1.807) is 18.2 Å². The molecule has 0 fully saturated rings. The molecule has 0 unspecified atom stereocenters. The number of nitrogens with zero attached hydrogens (tertiary/aromatic N) is 2. The second-order valence-corrected chi connectivity index (χ2v) is 4.51. The fraction of sp³-hybridized carbons (Fsp3) is 0.167. The summed E-state index contributed by atoms with van der Waals surface area (Å²) in [5.41, 5.74) is 5.51. The second kappa shape index (κ2) is 5.16. The fourth-order valence-electron chi connectivity index (χ4n) is 1.55. The van der Waals surface area contributed by atoms with Gasteiger partial charge in [0.05, 0.1) is 10.7 Å². The molecule has 0 aliphatic carbocycles. The molecule has 0 saturated heterocycles. The molecular formula is C12H10ClF3N4. The Hall–Kier alpha value is -2.02. The Morgan fingerprint density at radius 3 is 2.55 bits per heavy atom. The predicted molar refractivity (Wildman–Crippen MR) is 70.9 cm³/mol. The topological polar surface area (TPSA) is 63.8 Å². The molecule has 0 spiro atoms. The van der Waals surface area contributed by atoms with Crippen molar-refractivity contribution in [3.8, 4) is 0 Å². The molecule has 4 nitrogen and oxygen atoms in total. The van der Waals surface area contributed by atoms with Gasteiger partial charge in [-0.25, -0.2) is 4.98 Å². The molecule has 3 N–H and O–H groups in total. The zero-order valence-corrected chi connectivity index (χ0v) is 11.0. The smallest absolute Gasteiger partial charge is 0.368 e. The number of benzene rings is 1. The Labute approximate surface area is 117 Å². The van der Waals surface area contributed by atoms with E-state index >= 15 is 0 Å². The first-order valence-corrected chi connectivity index (χ1v) is 5.88. The minimum Gasteiger partial charge on any atom is -0.368 e. The minimum atomic E-state index is -4.59. The average Bonchev–Trinajstić information content (AvgIpc) is 2.32. The molecule has 0 bridgehead atoms. The number of rotatable bonds is 2. The number of alkyl halides is 3. The molecule has 1 heterocycles. The summed E-state index contributed by atoms with van der Waals surface area (Å²) >= 11 is 5.96. The molecule has 0 aliphatic heterocycles. The second-order valence-electron chi connectivity index (χ2n) is 4.10. The van der Waals surface area contributed by atoms with E-state index < -0.39 is 17.8 Å². The number of aryl methyl sites for hydroxylation is 1. The number of hydrogen-bond donors (Lipinski definition) is 2. The summed E-state index contributed by atoms with van der Waals surface area (Å²) in [5.74, 6) is -0.538. The number of nitrogen functional groups attached to an aromatic ring is 1. The van der Waals surface area contributed by atoms with Gasteiger partial charge in [0, 0.05) is 6.07 Å². The first-order valence-electron chi connectivity index (χ1n) is 5.50. The van der Waals surface area contributed by atoms with Crippen LogP contribution in [0.5, 0.6) is 0 Å². The van der Waals surface area contributed by atoms with Crippen LogP contribution in [0.15, 0.2) is 24.3 Å². The van der Waals surface area contributed by atoms with Crippen molar-refractivity contribution >= 4 is 29.1 Å². The highest BCUT2D eigenvalue weighted by Crippen LogP contribution is 2.31. The average molecular weight is 303 g/mol.